The van der Waals surface area contributed by atoms with Crippen LogP contribution in [0.4, 0.5) is 14.5 Å². The van der Waals surface area contributed by atoms with E-state index in [-0.39, 0.29) is 0 Å². The average Bonchev–Trinajstić information content (AvgIpc) is 2.50. The molecule has 0 saturated heterocycles. The molecule has 2 rings (SSSR count). The van der Waals surface area contributed by atoms with E-state index >= 15 is 0 Å². The van der Waals surface area contributed by atoms with Gasteiger partial charge in [0.2, 0.25) is 0 Å². The Kier molecular flexibility index (Phi) is 2.16. The largest absolute Gasteiger partial charge is 0.300 e. The number of fused-ring (bicyclic) bond motifs is 1. The van der Waals surface area contributed by atoms with Gasteiger partial charge < -0.3 is 0 Å². The predicted octanol–water partition coefficient (Wildman–Crippen LogP) is 1.02. The standard InChI is InChI=1S/C10H4F2N2O2/c11-5-1-2-6(12)8-7(5)9(15)10(16)14(8)4-3-13/h1-2H,4H2. The molecule has 1 aromatic rings. The van der Waals surface area contributed by atoms with E-state index < -0.39 is 41.1 Å². The van der Waals surface area contributed by atoms with E-state index in [4.69, 9.17) is 5.26 Å². The van der Waals surface area contributed by atoms with Gasteiger partial charge in [-0.3, -0.25) is 14.5 Å². The molecular formula is C10H4F2N2O2. The van der Waals surface area contributed by atoms with Gasteiger partial charge in [0.05, 0.1) is 17.3 Å². The molecule has 0 aromatic heterocycles. The lowest BCUT2D eigenvalue weighted by Crippen LogP contribution is -2.30. The zero-order valence-corrected chi connectivity index (χ0v) is 7.83. The third-order valence-corrected chi connectivity index (χ3v) is 2.24. The first-order valence-electron chi connectivity index (χ1n) is 4.29. The Balaban J connectivity index is 2.70. The fourth-order valence-electron chi connectivity index (χ4n) is 1.57. The number of carbonyl (C=O) groups is 2. The van der Waals surface area contributed by atoms with Crippen molar-refractivity contribution >= 4 is 17.4 Å². The molecule has 0 radical (unpaired) electrons. The first-order valence-corrected chi connectivity index (χ1v) is 4.29. The van der Waals surface area contributed by atoms with Crippen LogP contribution in [0.15, 0.2) is 12.1 Å². The Hall–Kier alpha value is -2.29. The molecule has 0 unspecified atom stereocenters. The van der Waals surface area contributed by atoms with Gasteiger partial charge in [0.15, 0.2) is 0 Å². The van der Waals surface area contributed by atoms with Crippen LogP contribution >= 0.6 is 0 Å². The van der Waals surface area contributed by atoms with Gasteiger partial charge in [-0.05, 0) is 12.1 Å². The number of rotatable bonds is 1. The summed E-state index contributed by atoms with van der Waals surface area (Å²) in [6, 6.07) is 3.19. The highest BCUT2D eigenvalue weighted by atomic mass is 19.1. The van der Waals surface area contributed by atoms with Crippen molar-refractivity contribution in [1.82, 2.24) is 0 Å². The second-order valence-corrected chi connectivity index (χ2v) is 3.13. The molecule has 0 spiro atoms. The molecule has 80 valence electrons. The van der Waals surface area contributed by atoms with Crippen LogP contribution < -0.4 is 4.90 Å². The molecule has 0 atom stereocenters. The van der Waals surface area contributed by atoms with Crippen LogP contribution in [0.5, 0.6) is 0 Å². The number of benzene rings is 1. The molecule has 1 heterocycles. The molecule has 6 heteroatoms. The zero-order valence-electron chi connectivity index (χ0n) is 7.83. The van der Waals surface area contributed by atoms with Crippen molar-refractivity contribution in [2.45, 2.75) is 0 Å². The van der Waals surface area contributed by atoms with Crippen LogP contribution in [0, 0.1) is 23.0 Å². The van der Waals surface area contributed by atoms with Crippen molar-refractivity contribution < 1.29 is 18.4 Å². The Bertz CT molecular complexity index is 548. The van der Waals surface area contributed by atoms with Crippen LogP contribution in [0.1, 0.15) is 10.4 Å². The third-order valence-electron chi connectivity index (χ3n) is 2.24. The van der Waals surface area contributed by atoms with Crippen LogP contribution in [-0.2, 0) is 4.79 Å². The van der Waals surface area contributed by atoms with Gasteiger partial charge in [0, 0.05) is 0 Å². The van der Waals surface area contributed by atoms with E-state index in [9.17, 15) is 18.4 Å². The van der Waals surface area contributed by atoms with Gasteiger partial charge in [0.1, 0.15) is 18.2 Å². The number of hydrogen-bond donors (Lipinski definition) is 0. The number of ketones is 1. The Morgan fingerprint density at radius 2 is 1.88 bits per heavy atom. The average molecular weight is 222 g/mol. The highest BCUT2D eigenvalue weighted by Crippen LogP contribution is 2.33. The van der Waals surface area contributed by atoms with Gasteiger partial charge in [-0.25, -0.2) is 8.78 Å². The van der Waals surface area contributed by atoms with Crippen molar-refractivity contribution in [2.24, 2.45) is 0 Å². The Morgan fingerprint density at radius 1 is 1.25 bits per heavy atom. The molecule has 0 aliphatic carbocycles. The van der Waals surface area contributed by atoms with Crippen molar-refractivity contribution in [3.05, 3.63) is 29.3 Å². The molecule has 0 saturated carbocycles. The van der Waals surface area contributed by atoms with Crippen molar-refractivity contribution in [3.8, 4) is 6.07 Å². The smallest absolute Gasteiger partial charge is 0.288 e. The minimum Gasteiger partial charge on any atom is -0.288 e. The van der Waals surface area contributed by atoms with Crippen LogP contribution in [-0.4, -0.2) is 18.2 Å². The second kappa shape index (κ2) is 3.38. The Morgan fingerprint density at radius 3 is 2.50 bits per heavy atom. The van der Waals surface area contributed by atoms with Crippen LogP contribution in [0.25, 0.3) is 0 Å². The summed E-state index contributed by atoms with van der Waals surface area (Å²) in [5.41, 5.74) is -1.04. The molecule has 1 aliphatic rings. The molecule has 16 heavy (non-hydrogen) atoms. The van der Waals surface area contributed by atoms with Crippen LogP contribution in [0.3, 0.4) is 0 Å². The lowest BCUT2D eigenvalue weighted by atomic mass is 10.1. The van der Waals surface area contributed by atoms with E-state index in [1.807, 2.05) is 0 Å². The van der Waals surface area contributed by atoms with Gasteiger partial charge in [-0.2, -0.15) is 5.26 Å². The number of carbonyl (C=O) groups excluding carboxylic acids is 2. The lowest BCUT2D eigenvalue weighted by molar-refractivity contribution is -0.114. The maximum Gasteiger partial charge on any atom is 0.300 e. The lowest BCUT2D eigenvalue weighted by Gasteiger charge is -2.12. The highest BCUT2D eigenvalue weighted by molar-refractivity contribution is 6.52. The van der Waals surface area contributed by atoms with Gasteiger partial charge in [-0.15, -0.1) is 0 Å². The van der Waals surface area contributed by atoms with Gasteiger partial charge >= 0.3 is 5.91 Å². The monoisotopic (exact) mass is 222 g/mol. The summed E-state index contributed by atoms with van der Waals surface area (Å²) < 4.78 is 26.6. The molecule has 0 N–H and O–H groups in total. The highest BCUT2D eigenvalue weighted by Gasteiger charge is 2.40. The van der Waals surface area contributed by atoms with E-state index in [0.29, 0.717) is 4.90 Å². The maximum absolute atomic E-state index is 13.4. The second-order valence-electron chi connectivity index (χ2n) is 3.13. The number of halogens is 2. The van der Waals surface area contributed by atoms with E-state index in [0.717, 1.165) is 12.1 Å². The molecule has 0 fully saturated rings. The summed E-state index contributed by atoms with van der Waals surface area (Å²) in [6.07, 6.45) is 0. The summed E-state index contributed by atoms with van der Waals surface area (Å²) in [5, 5.41) is 8.45. The molecule has 4 nitrogen and oxygen atoms in total. The van der Waals surface area contributed by atoms with E-state index in [1.165, 1.54) is 0 Å². The first kappa shape index (κ1) is 10.2. The van der Waals surface area contributed by atoms with Crippen molar-refractivity contribution in [2.75, 3.05) is 11.4 Å². The van der Waals surface area contributed by atoms with Gasteiger partial charge in [0.25, 0.3) is 5.78 Å². The number of nitrogens with zero attached hydrogens (tertiary/aromatic N) is 2. The topological polar surface area (TPSA) is 61.2 Å². The quantitative estimate of drug-likeness (QED) is 0.526. The Labute approximate surface area is 88.7 Å². The molecular weight excluding hydrogens is 218 g/mol. The van der Waals surface area contributed by atoms with Gasteiger partial charge in [-0.1, -0.05) is 0 Å². The predicted molar refractivity (Wildman–Crippen MR) is 48.7 cm³/mol. The fraction of sp³-hybridized carbons (Fsp3) is 0.100. The minimum atomic E-state index is -1.12. The number of nitriles is 1. The molecule has 1 aromatic carbocycles. The summed E-state index contributed by atoms with van der Waals surface area (Å²) in [4.78, 5) is 23.3. The van der Waals surface area contributed by atoms with E-state index in [2.05, 4.69) is 0 Å². The summed E-state index contributed by atoms with van der Waals surface area (Å²) >= 11 is 0. The first-order chi connectivity index (χ1) is 7.57. The summed E-state index contributed by atoms with van der Waals surface area (Å²) in [6.45, 7) is -0.488. The normalized spacial score (nSPS) is 13.9. The number of Topliss-reactive ketones (excluding diaryl/α,β-unsaturated/α-hetero) is 1. The minimum absolute atomic E-state index is 0.448. The maximum atomic E-state index is 13.4. The molecule has 1 aliphatic heterocycles. The summed E-state index contributed by atoms with van der Waals surface area (Å²) in [5.74, 6) is -4.07. The van der Waals surface area contributed by atoms with Crippen molar-refractivity contribution in [1.29, 1.82) is 5.26 Å². The number of hydrogen-bond acceptors (Lipinski definition) is 3. The molecule has 0 bridgehead atoms. The van der Waals surface area contributed by atoms with E-state index in [1.54, 1.807) is 6.07 Å². The SMILES string of the molecule is N#CCN1C(=O)C(=O)c2c(F)ccc(F)c21. The molecule has 1 amide bonds. The fourth-order valence-corrected chi connectivity index (χ4v) is 1.57. The van der Waals surface area contributed by atoms with Crippen molar-refractivity contribution in [3.63, 3.8) is 0 Å². The third kappa shape index (κ3) is 1.18. The zero-order chi connectivity index (χ0) is 11.9. The summed E-state index contributed by atoms with van der Waals surface area (Å²) in [7, 11) is 0. The van der Waals surface area contributed by atoms with Crippen LogP contribution in [0.2, 0.25) is 0 Å². The number of amides is 1. The number of anilines is 1.